The first-order valence-electron chi connectivity index (χ1n) is 7.09. The number of aliphatic hydroxyl groups is 4. The highest BCUT2D eigenvalue weighted by atomic mass is 16.7. The molecule has 0 aromatic carbocycles. The molecule has 0 radical (unpaired) electrons. The Hall–Kier alpha value is -0.810. The van der Waals surface area contributed by atoms with Gasteiger partial charge in [0.05, 0.1) is 45.7 Å². The average Bonchev–Trinajstić information content (AvgIpc) is 2.50. The summed E-state index contributed by atoms with van der Waals surface area (Å²) >= 11 is 0. The van der Waals surface area contributed by atoms with Crippen molar-refractivity contribution in [2.24, 2.45) is 0 Å². The van der Waals surface area contributed by atoms with Gasteiger partial charge in [-0.3, -0.25) is 4.79 Å². The minimum atomic E-state index is -1.07. The Kier molecular flexibility index (Phi) is 12.2. The van der Waals surface area contributed by atoms with E-state index in [4.69, 9.17) is 24.4 Å². The number of carbonyl (C=O) groups excluding carboxylic acids is 1. The van der Waals surface area contributed by atoms with Gasteiger partial charge >= 0.3 is 0 Å². The van der Waals surface area contributed by atoms with E-state index in [0.29, 0.717) is 0 Å². The third kappa shape index (κ3) is 8.59. The fraction of sp³-hybridized carbons (Fsp3) is 0.923. The summed E-state index contributed by atoms with van der Waals surface area (Å²) < 4.78 is 16.1. The second kappa shape index (κ2) is 12.7. The summed E-state index contributed by atoms with van der Waals surface area (Å²) in [5.41, 5.74) is 0. The van der Waals surface area contributed by atoms with Crippen LogP contribution >= 0.6 is 0 Å². The first-order chi connectivity index (χ1) is 10.5. The number of carbonyl (C=O) groups is 1. The van der Waals surface area contributed by atoms with Crippen molar-refractivity contribution in [3.05, 3.63) is 0 Å². The van der Waals surface area contributed by atoms with Crippen LogP contribution in [0.15, 0.2) is 0 Å². The predicted octanol–water partition coefficient (Wildman–Crippen LogP) is -2.41. The summed E-state index contributed by atoms with van der Waals surface area (Å²) in [6.45, 7) is 1.68. The number of hydrogen-bond donors (Lipinski definition) is 5. The van der Waals surface area contributed by atoms with Crippen molar-refractivity contribution in [2.75, 3.05) is 39.6 Å². The molecule has 0 fully saturated rings. The first kappa shape index (κ1) is 21.2. The number of aliphatic hydroxyl groups excluding tert-OH is 4. The van der Waals surface area contributed by atoms with Gasteiger partial charge in [0.2, 0.25) is 5.91 Å². The molecule has 0 aliphatic heterocycles. The molecule has 9 heteroatoms. The summed E-state index contributed by atoms with van der Waals surface area (Å²) in [5, 5.41) is 38.8. The van der Waals surface area contributed by atoms with Gasteiger partial charge in [0, 0.05) is 6.92 Å². The molecule has 5 N–H and O–H groups in total. The number of rotatable bonds is 13. The van der Waals surface area contributed by atoms with Gasteiger partial charge in [0.1, 0.15) is 12.1 Å². The minimum Gasteiger partial charge on any atom is -0.394 e. The topological polar surface area (TPSA) is 138 Å². The van der Waals surface area contributed by atoms with Crippen LogP contribution in [0.3, 0.4) is 0 Å². The zero-order chi connectivity index (χ0) is 17.0. The van der Waals surface area contributed by atoms with Crippen LogP contribution in [0, 0.1) is 0 Å². The zero-order valence-electron chi connectivity index (χ0n) is 13.0. The monoisotopic (exact) mass is 325 g/mol. The third-order valence-corrected chi connectivity index (χ3v) is 2.77. The molecule has 0 spiro atoms. The quantitative estimate of drug-likeness (QED) is 0.236. The molecule has 132 valence electrons. The highest BCUT2D eigenvalue weighted by Crippen LogP contribution is 2.11. The lowest BCUT2D eigenvalue weighted by molar-refractivity contribution is -0.222. The van der Waals surface area contributed by atoms with Gasteiger partial charge in [0.15, 0.2) is 6.29 Å². The Balaban J connectivity index is 4.79. The Morgan fingerprint density at radius 2 is 1.64 bits per heavy atom. The summed E-state index contributed by atoms with van der Waals surface area (Å²) in [4.78, 5) is 11.1. The number of hydrogen-bond acceptors (Lipinski definition) is 8. The van der Waals surface area contributed by atoms with Crippen molar-refractivity contribution >= 4 is 5.91 Å². The van der Waals surface area contributed by atoms with Crippen molar-refractivity contribution in [1.82, 2.24) is 5.32 Å². The second-order valence-corrected chi connectivity index (χ2v) is 4.61. The molecular formula is C13H27NO8. The molecule has 0 saturated heterocycles. The van der Waals surface area contributed by atoms with Gasteiger partial charge in [-0.15, -0.1) is 0 Å². The molecule has 0 heterocycles. The van der Waals surface area contributed by atoms with E-state index in [-0.39, 0.29) is 38.9 Å². The van der Waals surface area contributed by atoms with Crippen molar-refractivity contribution < 1.29 is 39.4 Å². The fourth-order valence-corrected chi connectivity index (χ4v) is 1.70. The summed E-state index contributed by atoms with van der Waals surface area (Å²) in [7, 11) is 0. The van der Waals surface area contributed by atoms with Gasteiger partial charge < -0.3 is 40.0 Å². The average molecular weight is 325 g/mol. The summed E-state index contributed by atoms with van der Waals surface area (Å²) in [6.07, 6.45) is -2.41. The molecule has 0 aromatic rings. The van der Waals surface area contributed by atoms with Crippen LogP contribution in [-0.4, -0.2) is 90.5 Å². The Morgan fingerprint density at radius 1 is 1.05 bits per heavy atom. The molecule has 0 bridgehead atoms. The molecule has 1 amide bonds. The molecule has 0 aliphatic rings. The maximum atomic E-state index is 11.1. The molecule has 22 heavy (non-hydrogen) atoms. The van der Waals surface area contributed by atoms with Crippen molar-refractivity contribution in [3.63, 3.8) is 0 Å². The van der Waals surface area contributed by atoms with Crippen molar-refractivity contribution in [2.45, 2.75) is 38.4 Å². The predicted molar refractivity (Wildman–Crippen MR) is 76.0 cm³/mol. The minimum absolute atomic E-state index is 0.0647. The van der Waals surface area contributed by atoms with E-state index in [0.717, 1.165) is 0 Å². The van der Waals surface area contributed by atoms with Gasteiger partial charge in [0.25, 0.3) is 0 Å². The van der Waals surface area contributed by atoms with E-state index in [1.807, 2.05) is 0 Å². The Bertz CT molecular complexity index is 291. The van der Waals surface area contributed by atoms with Crippen LogP contribution in [0.1, 0.15) is 13.8 Å². The largest absolute Gasteiger partial charge is 0.394 e. The molecule has 9 nitrogen and oxygen atoms in total. The molecular weight excluding hydrogens is 298 g/mol. The SMILES string of the molecule is CC(=O)NC(CO)[C@@H](OCCO)OC(CO)[C@@H](C)OCCO. The van der Waals surface area contributed by atoms with E-state index in [1.54, 1.807) is 6.92 Å². The van der Waals surface area contributed by atoms with Gasteiger partial charge in [-0.05, 0) is 6.92 Å². The molecule has 0 saturated carbocycles. The fourth-order valence-electron chi connectivity index (χ4n) is 1.70. The number of amides is 1. The van der Waals surface area contributed by atoms with E-state index in [9.17, 15) is 15.0 Å². The first-order valence-corrected chi connectivity index (χ1v) is 7.09. The van der Waals surface area contributed by atoms with E-state index < -0.39 is 31.1 Å². The van der Waals surface area contributed by atoms with Crippen LogP contribution in [0.4, 0.5) is 0 Å². The normalized spacial score (nSPS) is 16.8. The summed E-state index contributed by atoms with van der Waals surface area (Å²) in [6, 6.07) is -0.858. The van der Waals surface area contributed by atoms with Crippen LogP contribution in [0.2, 0.25) is 0 Å². The molecule has 2 unspecified atom stereocenters. The zero-order valence-corrected chi connectivity index (χ0v) is 13.0. The Labute approximate surface area is 129 Å². The highest BCUT2D eigenvalue weighted by Gasteiger charge is 2.29. The van der Waals surface area contributed by atoms with Crippen molar-refractivity contribution in [3.8, 4) is 0 Å². The number of nitrogens with one attached hydrogen (secondary N) is 1. The lowest BCUT2D eigenvalue weighted by Crippen LogP contribution is -2.50. The van der Waals surface area contributed by atoms with Crippen LogP contribution in [0.5, 0.6) is 0 Å². The maximum Gasteiger partial charge on any atom is 0.217 e. The van der Waals surface area contributed by atoms with E-state index in [1.165, 1.54) is 6.92 Å². The van der Waals surface area contributed by atoms with Gasteiger partial charge in [-0.2, -0.15) is 0 Å². The third-order valence-electron chi connectivity index (χ3n) is 2.77. The highest BCUT2D eigenvalue weighted by molar-refractivity contribution is 5.73. The lowest BCUT2D eigenvalue weighted by Gasteiger charge is -2.31. The van der Waals surface area contributed by atoms with Crippen LogP contribution in [-0.2, 0) is 19.0 Å². The summed E-state index contributed by atoms with van der Waals surface area (Å²) in [5.74, 6) is -0.384. The van der Waals surface area contributed by atoms with E-state index in [2.05, 4.69) is 5.32 Å². The second-order valence-electron chi connectivity index (χ2n) is 4.61. The molecule has 0 aromatic heterocycles. The van der Waals surface area contributed by atoms with Crippen molar-refractivity contribution in [1.29, 1.82) is 0 Å². The van der Waals surface area contributed by atoms with E-state index >= 15 is 0 Å². The smallest absolute Gasteiger partial charge is 0.217 e. The lowest BCUT2D eigenvalue weighted by atomic mass is 10.2. The maximum absolute atomic E-state index is 11.1. The standard InChI is InChI=1S/C13H27NO8/c1-9(20-5-3-15)12(8-18)22-13(21-6-4-16)11(7-17)14-10(2)19/h9,11-13,15-18H,3-8H2,1-2H3,(H,14,19)/t9-,11?,12?,13+/m1/s1. The molecule has 0 aliphatic carbocycles. The Morgan fingerprint density at radius 3 is 2.09 bits per heavy atom. The van der Waals surface area contributed by atoms with Crippen LogP contribution < -0.4 is 5.32 Å². The molecule has 4 atom stereocenters. The van der Waals surface area contributed by atoms with Gasteiger partial charge in [-0.25, -0.2) is 0 Å². The van der Waals surface area contributed by atoms with Crippen LogP contribution in [0.25, 0.3) is 0 Å². The molecule has 0 rings (SSSR count). The number of ether oxygens (including phenoxy) is 3. The van der Waals surface area contributed by atoms with Gasteiger partial charge in [-0.1, -0.05) is 0 Å².